The summed E-state index contributed by atoms with van der Waals surface area (Å²) in [7, 11) is 0. The summed E-state index contributed by atoms with van der Waals surface area (Å²) < 4.78 is 4.84. The Balaban J connectivity index is 2.27. The number of aliphatic hydroxyl groups is 1. The first kappa shape index (κ1) is 16.2. The minimum atomic E-state index is -0.369. The van der Waals surface area contributed by atoms with Gasteiger partial charge in [-0.1, -0.05) is 11.6 Å². The summed E-state index contributed by atoms with van der Waals surface area (Å²) in [5.41, 5.74) is 3.26. The van der Waals surface area contributed by atoms with E-state index in [0.29, 0.717) is 18.7 Å². The maximum atomic E-state index is 12.4. The average Bonchev–Trinajstić information content (AvgIpc) is 2.84. The van der Waals surface area contributed by atoms with Crippen molar-refractivity contribution in [2.75, 3.05) is 13.2 Å². The second-order valence-electron chi connectivity index (χ2n) is 5.23. The van der Waals surface area contributed by atoms with Gasteiger partial charge >= 0.3 is 5.97 Å². The zero-order valence-electron chi connectivity index (χ0n) is 12.9. The lowest BCUT2D eigenvalue weighted by atomic mass is 10.0. The number of benzene rings is 1. The van der Waals surface area contributed by atoms with Crippen LogP contribution in [0.15, 0.2) is 18.2 Å². The number of ether oxygens (including phenoxy) is 1. The number of carbonyl (C=O) groups is 2. The van der Waals surface area contributed by atoms with Crippen molar-refractivity contribution in [3.63, 3.8) is 0 Å². The Morgan fingerprint density at radius 3 is 2.73 bits per heavy atom. The highest BCUT2D eigenvalue weighted by Gasteiger charge is 2.18. The van der Waals surface area contributed by atoms with E-state index in [1.807, 2.05) is 25.1 Å². The molecule has 0 amide bonds. The second kappa shape index (κ2) is 7.22. The standard InChI is InChI=1S/C17H21NO4/c1-3-22-16(21)7-6-15(20)17-12(8-9-19)13-10-11(2)4-5-14(13)18-17/h4-5,10,18-19H,3,6-9H2,1-2H3. The number of aryl methyl sites for hydroxylation is 1. The molecule has 2 N–H and O–H groups in total. The first-order chi connectivity index (χ1) is 10.6. The van der Waals surface area contributed by atoms with Crippen LogP contribution in [0, 0.1) is 6.92 Å². The van der Waals surface area contributed by atoms with Crippen molar-refractivity contribution in [3.05, 3.63) is 35.0 Å². The average molecular weight is 303 g/mol. The molecule has 0 bridgehead atoms. The lowest BCUT2D eigenvalue weighted by Crippen LogP contribution is -2.10. The van der Waals surface area contributed by atoms with Gasteiger partial charge in [-0.25, -0.2) is 0 Å². The van der Waals surface area contributed by atoms with Crippen LogP contribution in [0.5, 0.6) is 0 Å². The topological polar surface area (TPSA) is 79.4 Å². The maximum absolute atomic E-state index is 12.4. The second-order valence-corrected chi connectivity index (χ2v) is 5.23. The van der Waals surface area contributed by atoms with Gasteiger partial charge in [-0.2, -0.15) is 0 Å². The summed E-state index contributed by atoms with van der Waals surface area (Å²) in [6.45, 7) is 4.00. The predicted octanol–water partition coefficient (Wildman–Crippen LogP) is 2.54. The summed E-state index contributed by atoms with van der Waals surface area (Å²) in [6.07, 6.45) is 0.576. The van der Waals surface area contributed by atoms with Crippen molar-refractivity contribution in [2.45, 2.75) is 33.1 Å². The van der Waals surface area contributed by atoms with E-state index in [-0.39, 0.29) is 31.2 Å². The fourth-order valence-corrected chi connectivity index (χ4v) is 2.54. The third kappa shape index (κ3) is 3.54. The number of aliphatic hydroxyl groups excluding tert-OH is 1. The number of nitrogens with one attached hydrogen (secondary N) is 1. The molecule has 118 valence electrons. The quantitative estimate of drug-likeness (QED) is 0.608. The Bertz CT molecular complexity index is 687. The number of aromatic nitrogens is 1. The van der Waals surface area contributed by atoms with Gasteiger partial charge in [-0.3, -0.25) is 9.59 Å². The normalized spacial score (nSPS) is 10.9. The highest BCUT2D eigenvalue weighted by molar-refractivity contribution is 6.03. The van der Waals surface area contributed by atoms with Crippen LogP contribution in [0.3, 0.4) is 0 Å². The molecule has 5 nitrogen and oxygen atoms in total. The predicted molar refractivity (Wildman–Crippen MR) is 84.0 cm³/mol. The summed E-state index contributed by atoms with van der Waals surface area (Å²) in [6, 6.07) is 5.89. The highest BCUT2D eigenvalue weighted by Crippen LogP contribution is 2.25. The molecule has 0 aliphatic carbocycles. The summed E-state index contributed by atoms with van der Waals surface area (Å²) in [5.74, 6) is -0.503. The molecule has 1 aromatic heterocycles. The molecule has 0 saturated carbocycles. The van der Waals surface area contributed by atoms with E-state index in [9.17, 15) is 14.7 Å². The molecule has 0 radical (unpaired) electrons. The molecule has 0 saturated heterocycles. The van der Waals surface area contributed by atoms with Gasteiger partial charge in [0.25, 0.3) is 0 Å². The van der Waals surface area contributed by atoms with Crippen molar-refractivity contribution < 1.29 is 19.4 Å². The van der Waals surface area contributed by atoms with E-state index < -0.39 is 0 Å². The van der Waals surface area contributed by atoms with Gasteiger partial charge in [0, 0.05) is 23.9 Å². The Hall–Kier alpha value is -2.14. The van der Waals surface area contributed by atoms with Gasteiger partial charge in [-0.05, 0) is 38.0 Å². The van der Waals surface area contributed by atoms with Crippen molar-refractivity contribution >= 4 is 22.7 Å². The number of esters is 1. The molecule has 0 atom stereocenters. The number of rotatable bonds is 7. The molecule has 2 aromatic rings. The molecule has 0 fully saturated rings. The number of Topliss-reactive ketones (excluding diaryl/α,β-unsaturated/α-hetero) is 1. The zero-order valence-corrected chi connectivity index (χ0v) is 12.9. The van der Waals surface area contributed by atoms with E-state index in [1.165, 1.54) is 0 Å². The van der Waals surface area contributed by atoms with E-state index in [2.05, 4.69) is 4.98 Å². The monoisotopic (exact) mass is 303 g/mol. The third-order valence-electron chi connectivity index (χ3n) is 3.56. The van der Waals surface area contributed by atoms with Crippen LogP contribution in [-0.2, 0) is 16.0 Å². The first-order valence-corrected chi connectivity index (χ1v) is 7.47. The van der Waals surface area contributed by atoms with E-state index in [0.717, 1.165) is 22.0 Å². The van der Waals surface area contributed by atoms with E-state index >= 15 is 0 Å². The molecule has 0 aliphatic heterocycles. The molecule has 2 rings (SSSR count). The maximum Gasteiger partial charge on any atom is 0.306 e. The van der Waals surface area contributed by atoms with Crippen LogP contribution in [0.25, 0.3) is 10.9 Å². The Labute approximate surface area is 129 Å². The molecule has 1 heterocycles. The third-order valence-corrected chi connectivity index (χ3v) is 3.56. The van der Waals surface area contributed by atoms with E-state index in [4.69, 9.17) is 4.74 Å². The van der Waals surface area contributed by atoms with Gasteiger partial charge in [0.2, 0.25) is 0 Å². The molecule has 0 unspecified atom stereocenters. The van der Waals surface area contributed by atoms with Gasteiger partial charge < -0.3 is 14.8 Å². The Kier molecular flexibility index (Phi) is 5.33. The zero-order chi connectivity index (χ0) is 16.1. The number of hydrogen-bond acceptors (Lipinski definition) is 4. The Morgan fingerprint density at radius 2 is 2.05 bits per heavy atom. The number of hydrogen-bond donors (Lipinski definition) is 2. The van der Waals surface area contributed by atoms with Crippen molar-refractivity contribution in [1.29, 1.82) is 0 Å². The molecule has 0 spiro atoms. The van der Waals surface area contributed by atoms with Crippen molar-refractivity contribution in [3.8, 4) is 0 Å². The van der Waals surface area contributed by atoms with Crippen LogP contribution < -0.4 is 0 Å². The van der Waals surface area contributed by atoms with Crippen LogP contribution in [0.4, 0.5) is 0 Å². The molecule has 0 aliphatic rings. The van der Waals surface area contributed by atoms with Crippen LogP contribution in [0.2, 0.25) is 0 Å². The number of carbonyl (C=O) groups excluding carboxylic acids is 2. The minimum absolute atomic E-state index is 0.0287. The lowest BCUT2D eigenvalue weighted by Gasteiger charge is -2.03. The lowest BCUT2D eigenvalue weighted by molar-refractivity contribution is -0.143. The van der Waals surface area contributed by atoms with Gasteiger partial charge in [0.05, 0.1) is 18.7 Å². The number of H-pyrrole nitrogens is 1. The number of aromatic amines is 1. The largest absolute Gasteiger partial charge is 0.466 e. The van der Waals surface area contributed by atoms with Crippen LogP contribution in [0.1, 0.15) is 41.4 Å². The first-order valence-electron chi connectivity index (χ1n) is 7.47. The molecular formula is C17H21NO4. The summed E-state index contributed by atoms with van der Waals surface area (Å²) >= 11 is 0. The summed E-state index contributed by atoms with van der Waals surface area (Å²) in [5, 5.41) is 10.2. The van der Waals surface area contributed by atoms with Crippen LogP contribution >= 0.6 is 0 Å². The van der Waals surface area contributed by atoms with Gasteiger partial charge in [0.1, 0.15) is 0 Å². The fourth-order valence-electron chi connectivity index (χ4n) is 2.54. The van der Waals surface area contributed by atoms with Crippen molar-refractivity contribution in [1.82, 2.24) is 4.98 Å². The fraction of sp³-hybridized carbons (Fsp3) is 0.412. The molecule has 5 heteroatoms. The molecule has 22 heavy (non-hydrogen) atoms. The minimum Gasteiger partial charge on any atom is -0.466 e. The number of ketones is 1. The smallest absolute Gasteiger partial charge is 0.306 e. The van der Waals surface area contributed by atoms with E-state index in [1.54, 1.807) is 6.92 Å². The van der Waals surface area contributed by atoms with Crippen LogP contribution in [-0.4, -0.2) is 35.1 Å². The molecular weight excluding hydrogens is 282 g/mol. The highest BCUT2D eigenvalue weighted by atomic mass is 16.5. The summed E-state index contributed by atoms with van der Waals surface area (Å²) in [4.78, 5) is 26.9. The molecule has 1 aromatic carbocycles. The Morgan fingerprint density at radius 1 is 1.27 bits per heavy atom. The SMILES string of the molecule is CCOC(=O)CCC(=O)c1[nH]c2ccc(C)cc2c1CCO. The van der Waals surface area contributed by atoms with Gasteiger partial charge in [0.15, 0.2) is 5.78 Å². The number of fused-ring (bicyclic) bond motifs is 1. The van der Waals surface area contributed by atoms with Gasteiger partial charge in [-0.15, -0.1) is 0 Å². The van der Waals surface area contributed by atoms with Crippen molar-refractivity contribution in [2.24, 2.45) is 0 Å².